The van der Waals surface area contributed by atoms with Gasteiger partial charge in [-0.25, -0.2) is 9.59 Å². The summed E-state index contributed by atoms with van der Waals surface area (Å²) >= 11 is 0. The first kappa shape index (κ1) is 23.2. The van der Waals surface area contributed by atoms with Crippen molar-refractivity contribution in [1.29, 1.82) is 0 Å². The third-order valence-corrected chi connectivity index (χ3v) is 5.18. The van der Waals surface area contributed by atoms with Crippen LogP contribution in [0.15, 0.2) is 12.1 Å². The topological polar surface area (TPSA) is 74.6 Å². The van der Waals surface area contributed by atoms with Crippen molar-refractivity contribution >= 4 is 11.9 Å². The minimum Gasteiger partial charge on any atom is -0.478 e. The Morgan fingerprint density at radius 1 is 0.704 bits per heavy atom. The highest BCUT2D eigenvalue weighted by atomic mass is 16.4. The normalized spacial score (nSPS) is 10.9. The fraction of sp³-hybridized carbons (Fsp3) is 0.652. The smallest absolute Gasteiger partial charge is 0.336 e. The summed E-state index contributed by atoms with van der Waals surface area (Å²) < 4.78 is 0. The zero-order valence-corrected chi connectivity index (χ0v) is 17.1. The lowest BCUT2D eigenvalue weighted by Crippen LogP contribution is -2.14. The molecule has 1 aromatic rings. The van der Waals surface area contributed by atoms with Crippen molar-refractivity contribution in [3.8, 4) is 0 Å². The van der Waals surface area contributed by atoms with Crippen molar-refractivity contribution in [1.82, 2.24) is 0 Å². The fourth-order valence-corrected chi connectivity index (χ4v) is 3.63. The van der Waals surface area contributed by atoms with Gasteiger partial charge in [0.15, 0.2) is 0 Å². The van der Waals surface area contributed by atoms with Crippen LogP contribution >= 0.6 is 0 Å². The van der Waals surface area contributed by atoms with E-state index in [0.29, 0.717) is 6.42 Å². The summed E-state index contributed by atoms with van der Waals surface area (Å²) in [6, 6.07) is 3.31. The summed E-state index contributed by atoms with van der Waals surface area (Å²) in [5.74, 6) is -2.29. The molecule has 4 heteroatoms. The van der Waals surface area contributed by atoms with Crippen molar-refractivity contribution in [3.63, 3.8) is 0 Å². The van der Waals surface area contributed by atoms with Gasteiger partial charge >= 0.3 is 11.9 Å². The molecule has 0 unspecified atom stereocenters. The molecule has 0 fully saturated rings. The van der Waals surface area contributed by atoms with Gasteiger partial charge in [-0.2, -0.15) is 0 Å². The summed E-state index contributed by atoms with van der Waals surface area (Å²) in [5, 5.41) is 19.1. The SMILES string of the molecule is CCCCCCCCc1ccc(C(=O)O)c(C(=O)O)c1CCCCCCC. The van der Waals surface area contributed by atoms with Crippen LogP contribution in [-0.2, 0) is 12.8 Å². The zero-order chi connectivity index (χ0) is 20.1. The van der Waals surface area contributed by atoms with Gasteiger partial charge in [-0.3, -0.25) is 0 Å². The van der Waals surface area contributed by atoms with E-state index in [1.165, 1.54) is 38.2 Å². The first-order valence-corrected chi connectivity index (χ1v) is 10.6. The summed E-state index contributed by atoms with van der Waals surface area (Å²) in [7, 11) is 0. The van der Waals surface area contributed by atoms with Crippen LogP contribution in [0.4, 0.5) is 0 Å². The van der Waals surface area contributed by atoms with Gasteiger partial charge in [-0.15, -0.1) is 0 Å². The molecular weight excluding hydrogens is 340 g/mol. The maximum absolute atomic E-state index is 11.8. The predicted molar refractivity (Wildman–Crippen MR) is 110 cm³/mol. The number of aromatic carboxylic acids is 2. The molecule has 0 saturated heterocycles. The third kappa shape index (κ3) is 8.15. The van der Waals surface area contributed by atoms with Crippen molar-refractivity contribution in [3.05, 3.63) is 34.4 Å². The van der Waals surface area contributed by atoms with E-state index in [2.05, 4.69) is 13.8 Å². The lowest BCUT2D eigenvalue weighted by molar-refractivity contribution is 0.0650. The molecule has 2 N–H and O–H groups in total. The quantitative estimate of drug-likeness (QED) is 0.343. The molecular formula is C23H36O4. The minimum atomic E-state index is -1.16. The summed E-state index contributed by atoms with van der Waals surface area (Å²) in [5.41, 5.74) is 1.68. The van der Waals surface area contributed by atoms with Crippen LogP contribution in [0.3, 0.4) is 0 Å². The predicted octanol–water partition coefficient (Wildman–Crippen LogP) is 6.50. The van der Waals surface area contributed by atoms with Crippen LogP contribution in [0.5, 0.6) is 0 Å². The molecule has 0 spiro atoms. The Balaban J connectivity index is 2.90. The molecule has 1 aromatic carbocycles. The number of carboxylic acids is 2. The highest BCUT2D eigenvalue weighted by Crippen LogP contribution is 2.25. The van der Waals surface area contributed by atoms with Crippen LogP contribution in [0.25, 0.3) is 0 Å². The van der Waals surface area contributed by atoms with E-state index in [9.17, 15) is 19.8 Å². The van der Waals surface area contributed by atoms with Gasteiger partial charge in [0.1, 0.15) is 0 Å². The molecule has 1 rings (SSSR count). The monoisotopic (exact) mass is 376 g/mol. The maximum atomic E-state index is 11.8. The molecule has 0 aliphatic rings. The van der Waals surface area contributed by atoms with E-state index in [4.69, 9.17) is 0 Å². The van der Waals surface area contributed by atoms with Gasteiger partial charge < -0.3 is 10.2 Å². The number of aryl methyl sites for hydroxylation is 1. The lowest BCUT2D eigenvalue weighted by atomic mass is 9.89. The standard InChI is InChI=1S/C23H36O4/c1-3-5-7-9-11-12-14-18-16-17-20(22(24)25)21(23(26)27)19(18)15-13-10-8-6-4-2/h16-17H,3-15H2,1-2H3,(H,24,25)(H,26,27). The van der Waals surface area contributed by atoms with E-state index >= 15 is 0 Å². The number of rotatable bonds is 15. The number of hydrogen-bond acceptors (Lipinski definition) is 2. The summed E-state index contributed by atoms with van der Waals surface area (Å²) in [6.07, 6.45) is 14.0. The zero-order valence-electron chi connectivity index (χ0n) is 17.1. The van der Waals surface area contributed by atoms with Crippen molar-refractivity contribution in [2.45, 2.75) is 97.3 Å². The largest absolute Gasteiger partial charge is 0.478 e. The highest BCUT2D eigenvalue weighted by Gasteiger charge is 2.22. The van der Waals surface area contributed by atoms with Crippen molar-refractivity contribution < 1.29 is 19.8 Å². The van der Waals surface area contributed by atoms with Gasteiger partial charge in [-0.05, 0) is 42.9 Å². The number of hydrogen-bond donors (Lipinski definition) is 2. The molecule has 0 amide bonds. The highest BCUT2D eigenvalue weighted by molar-refractivity contribution is 6.03. The molecule has 152 valence electrons. The third-order valence-electron chi connectivity index (χ3n) is 5.18. The number of unbranched alkanes of at least 4 members (excludes halogenated alkanes) is 9. The Bertz CT molecular complexity index is 592. The Labute approximate surface area is 164 Å². The van der Waals surface area contributed by atoms with E-state index in [0.717, 1.165) is 56.1 Å². The van der Waals surface area contributed by atoms with Crippen LogP contribution in [0.1, 0.15) is 116 Å². The average molecular weight is 377 g/mol. The molecule has 0 atom stereocenters. The Kier molecular flexibility index (Phi) is 11.5. The van der Waals surface area contributed by atoms with Gasteiger partial charge in [-0.1, -0.05) is 77.7 Å². The average Bonchev–Trinajstić information content (AvgIpc) is 2.64. The van der Waals surface area contributed by atoms with Gasteiger partial charge in [0.25, 0.3) is 0 Å². The minimum absolute atomic E-state index is 0.00137. The number of benzene rings is 1. The van der Waals surface area contributed by atoms with Crippen molar-refractivity contribution in [2.24, 2.45) is 0 Å². The second-order valence-corrected chi connectivity index (χ2v) is 7.42. The first-order chi connectivity index (χ1) is 13.0. The first-order valence-electron chi connectivity index (χ1n) is 10.6. The Hall–Kier alpha value is -1.84. The second kappa shape index (κ2) is 13.3. The molecule has 0 aliphatic carbocycles. The molecule has 0 aliphatic heterocycles. The second-order valence-electron chi connectivity index (χ2n) is 7.42. The van der Waals surface area contributed by atoms with Gasteiger partial charge in [0.05, 0.1) is 11.1 Å². The summed E-state index contributed by atoms with van der Waals surface area (Å²) in [4.78, 5) is 23.3. The van der Waals surface area contributed by atoms with Crippen LogP contribution in [0.2, 0.25) is 0 Å². The van der Waals surface area contributed by atoms with Crippen molar-refractivity contribution in [2.75, 3.05) is 0 Å². The fourth-order valence-electron chi connectivity index (χ4n) is 3.63. The molecule has 0 saturated carbocycles. The summed E-state index contributed by atoms with van der Waals surface area (Å²) in [6.45, 7) is 4.36. The van der Waals surface area contributed by atoms with E-state index in [-0.39, 0.29) is 11.1 Å². The molecule has 27 heavy (non-hydrogen) atoms. The van der Waals surface area contributed by atoms with E-state index in [1.54, 1.807) is 0 Å². The van der Waals surface area contributed by atoms with Crippen LogP contribution in [-0.4, -0.2) is 22.2 Å². The van der Waals surface area contributed by atoms with Gasteiger partial charge in [0, 0.05) is 0 Å². The molecule has 0 radical (unpaired) electrons. The van der Waals surface area contributed by atoms with Crippen LogP contribution < -0.4 is 0 Å². The maximum Gasteiger partial charge on any atom is 0.336 e. The van der Waals surface area contributed by atoms with E-state index < -0.39 is 11.9 Å². The van der Waals surface area contributed by atoms with E-state index in [1.807, 2.05) is 6.07 Å². The number of carbonyl (C=O) groups is 2. The Morgan fingerprint density at radius 2 is 1.22 bits per heavy atom. The van der Waals surface area contributed by atoms with Gasteiger partial charge in [0.2, 0.25) is 0 Å². The number of carboxylic acid groups (broad SMARTS) is 2. The Morgan fingerprint density at radius 3 is 1.74 bits per heavy atom. The van der Waals surface area contributed by atoms with Crippen LogP contribution in [0, 0.1) is 0 Å². The lowest BCUT2D eigenvalue weighted by Gasteiger charge is -2.15. The molecule has 0 bridgehead atoms. The molecule has 4 nitrogen and oxygen atoms in total. The molecule has 0 heterocycles. The molecule has 0 aromatic heterocycles.